The first-order valence-corrected chi connectivity index (χ1v) is 11.6. The Kier molecular flexibility index (Phi) is 6.44. The molecule has 0 fully saturated rings. The molecule has 3 N–H and O–H groups in total. The minimum absolute atomic E-state index is 0.0932. The van der Waals surface area contributed by atoms with Gasteiger partial charge >= 0.3 is 6.03 Å². The molecule has 2 heterocycles. The minimum Gasteiger partial charge on any atom is -0.464 e. The number of nitrogens with zero attached hydrogens (tertiary/aromatic N) is 1. The van der Waals surface area contributed by atoms with E-state index < -0.39 is 22.9 Å². The highest BCUT2D eigenvalue weighted by molar-refractivity contribution is 6.06. The molecule has 0 spiro atoms. The highest BCUT2D eigenvalue weighted by Gasteiger charge is 2.31. The fourth-order valence-electron chi connectivity index (χ4n) is 4.23. The number of carbonyl (C=O) groups is 2. The zero-order chi connectivity index (χ0) is 26.8. The van der Waals surface area contributed by atoms with Crippen molar-refractivity contribution in [2.75, 3.05) is 5.32 Å². The molecule has 4 aromatic rings. The highest BCUT2D eigenvalue weighted by Crippen LogP contribution is 2.32. The number of nitrogens with one attached hydrogen (secondary N) is 3. The molecule has 38 heavy (non-hydrogen) atoms. The van der Waals surface area contributed by atoms with E-state index in [2.05, 4.69) is 16.0 Å². The monoisotopic (exact) mass is 512 g/mol. The van der Waals surface area contributed by atoms with E-state index in [-0.39, 0.29) is 11.5 Å². The third-order valence-electron chi connectivity index (χ3n) is 6.16. The molecule has 1 atom stereocenters. The first-order chi connectivity index (χ1) is 18.3. The van der Waals surface area contributed by atoms with Crippen LogP contribution in [0.15, 0.2) is 101 Å². The van der Waals surface area contributed by atoms with Gasteiger partial charge in [0.15, 0.2) is 0 Å². The van der Waals surface area contributed by atoms with Crippen LogP contribution in [-0.2, 0) is 4.79 Å². The second kappa shape index (κ2) is 10.0. The van der Waals surface area contributed by atoms with Gasteiger partial charge in [0.05, 0.1) is 22.8 Å². The summed E-state index contributed by atoms with van der Waals surface area (Å²) in [7, 11) is 0. The van der Waals surface area contributed by atoms with E-state index >= 15 is 0 Å². The Bertz CT molecular complexity index is 1560. The van der Waals surface area contributed by atoms with Crippen molar-refractivity contribution in [1.82, 2.24) is 10.6 Å². The summed E-state index contributed by atoms with van der Waals surface area (Å²) in [5.74, 6) is -0.177. The van der Waals surface area contributed by atoms with E-state index in [0.717, 1.165) is 16.7 Å². The SMILES string of the molecule is CC1=C(C(=O)Nc2ccc([N+](=O)[O-])cc2)[C@@H](c2ccc(-c3cc(-c4ccc(F)cc4)co3)cc2)NC(=O)N1. The van der Waals surface area contributed by atoms with Crippen LogP contribution < -0.4 is 16.0 Å². The number of amides is 3. The second-order valence-electron chi connectivity index (χ2n) is 8.66. The lowest BCUT2D eigenvalue weighted by Gasteiger charge is -2.28. The van der Waals surface area contributed by atoms with Crippen molar-refractivity contribution in [2.45, 2.75) is 13.0 Å². The average molecular weight is 512 g/mol. The summed E-state index contributed by atoms with van der Waals surface area (Å²) in [6.45, 7) is 1.63. The number of non-ortho nitro benzene ring substituents is 1. The Morgan fingerprint density at radius 3 is 2.29 bits per heavy atom. The van der Waals surface area contributed by atoms with Crippen LogP contribution in [0.1, 0.15) is 18.5 Å². The molecule has 1 aromatic heterocycles. The van der Waals surface area contributed by atoms with Crippen LogP contribution >= 0.6 is 0 Å². The number of urea groups is 1. The van der Waals surface area contributed by atoms with Crippen LogP contribution in [0, 0.1) is 15.9 Å². The van der Waals surface area contributed by atoms with Gasteiger partial charge in [-0.15, -0.1) is 0 Å². The number of hydrogen-bond acceptors (Lipinski definition) is 5. The summed E-state index contributed by atoms with van der Waals surface area (Å²) >= 11 is 0. The molecule has 0 aliphatic carbocycles. The molecule has 0 saturated heterocycles. The molecule has 3 aromatic carbocycles. The Morgan fingerprint density at radius 1 is 0.974 bits per heavy atom. The van der Waals surface area contributed by atoms with Crippen molar-refractivity contribution in [1.29, 1.82) is 0 Å². The third-order valence-corrected chi connectivity index (χ3v) is 6.16. The second-order valence-corrected chi connectivity index (χ2v) is 8.66. The van der Waals surface area contributed by atoms with Crippen LogP contribution in [0.5, 0.6) is 0 Å². The Labute approximate surface area is 216 Å². The summed E-state index contributed by atoms with van der Waals surface area (Å²) in [6.07, 6.45) is 1.59. The normalized spacial score (nSPS) is 15.0. The van der Waals surface area contributed by atoms with E-state index in [1.54, 1.807) is 37.5 Å². The van der Waals surface area contributed by atoms with Crippen molar-refractivity contribution in [3.8, 4) is 22.5 Å². The fourth-order valence-corrected chi connectivity index (χ4v) is 4.23. The molecule has 5 rings (SSSR count). The maximum absolute atomic E-state index is 13.2. The van der Waals surface area contributed by atoms with E-state index in [9.17, 15) is 24.1 Å². The molecule has 0 bridgehead atoms. The zero-order valence-electron chi connectivity index (χ0n) is 20.0. The highest BCUT2D eigenvalue weighted by atomic mass is 19.1. The van der Waals surface area contributed by atoms with E-state index in [1.807, 2.05) is 18.2 Å². The molecule has 0 saturated carbocycles. The van der Waals surface area contributed by atoms with Gasteiger partial charge in [0.1, 0.15) is 11.6 Å². The standard InChI is InChI=1S/C28H21FN4O5/c1-16-25(27(34)31-22-10-12-23(13-11-22)33(36)37)26(32-28(35)30-16)19-4-2-18(3-5-19)24-14-20(15-38-24)17-6-8-21(29)9-7-17/h2-15,26H,1H3,(H,31,34)(H2,30,32,35)/t26-/m1/s1. The number of hydrogen-bond donors (Lipinski definition) is 3. The zero-order valence-corrected chi connectivity index (χ0v) is 20.0. The molecule has 1 aliphatic heterocycles. The Balaban J connectivity index is 1.38. The maximum Gasteiger partial charge on any atom is 0.319 e. The van der Waals surface area contributed by atoms with Gasteiger partial charge in [-0.3, -0.25) is 14.9 Å². The van der Waals surface area contributed by atoms with Crippen molar-refractivity contribution in [2.24, 2.45) is 0 Å². The molecule has 190 valence electrons. The first kappa shape index (κ1) is 24.4. The number of nitro groups is 1. The lowest BCUT2D eigenvalue weighted by atomic mass is 9.93. The number of allylic oxidation sites excluding steroid dienone is 1. The summed E-state index contributed by atoms with van der Waals surface area (Å²) in [4.78, 5) is 35.8. The van der Waals surface area contributed by atoms with Gasteiger partial charge in [-0.1, -0.05) is 36.4 Å². The molecule has 3 amide bonds. The number of rotatable bonds is 6. The third kappa shape index (κ3) is 5.00. The number of nitro benzene ring substituents is 1. The Morgan fingerprint density at radius 2 is 1.63 bits per heavy atom. The van der Waals surface area contributed by atoms with Crippen molar-refractivity contribution in [3.05, 3.63) is 118 Å². The van der Waals surface area contributed by atoms with Gasteiger partial charge in [0.2, 0.25) is 0 Å². The van der Waals surface area contributed by atoms with Gasteiger partial charge in [-0.2, -0.15) is 0 Å². The molecular formula is C28H21FN4O5. The lowest BCUT2D eigenvalue weighted by Crippen LogP contribution is -2.45. The maximum atomic E-state index is 13.2. The smallest absolute Gasteiger partial charge is 0.319 e. The topological polar surface area (TPSA) is 127 Å². The number of carbonyl (C=O) groups excluding carboxylic acids is 2. The van der Waals surface area contributed by atoms with Gasteiger partial charge in [-0.25, -0.2) is 9.18 Å². The quantitative estimate of drug-likeness (QED) is 0.218. The molecule has 1 aliphatic rings. The molecule has 0 unspecified atom stereocenters. The Hall–Kier alpha value is -5.25. The summed E-state index contributed by atoms with van der Waals surface area (Å²) in [5.41, 5.74) is 4.04. The largest absolute Gasteiger partial charge is 0.464 e. The first-order valence-electron chi connectivity index (χ1n) is 11.6. The van der Waals surface area contributed by atoms with Crippen LogP contribution in [0.25, 0.3) is 22.5 Å². The predicted octanol–water partition coefficient (Wildman–Crippen LogP) is 5.93. The van der Waals surface area contributed by atoms with Gasteiger partial charge in [0.25, 0.3) is 11.6 Å². The van der Waals surface area contributed by atoms with Gasteiger partial charge in [0, 0.05) is 34.6 Å². The molecule has 10 heteroatoms. The number of benzene rings is 3. The van der Waals surface area contributed by atoms with Crippen LogP contribution in [0.2, 0.25) is 0 Å². The molecule has 0 radical (unpaired) electrons. The van der Waals surface area contributed by atoms with E-state index in [4.69, 9.17) is 4.42 Å². The average Bonchev–Trinajstić information content (AvgIpc) is 3.39. The summed E-state index contributed by atoms with van der Waals surface area (Å²) in [5, 5.41) is 19.0. The number of anilines is 1. The van der Waals surface area contributed by atoms with E-state index in [1.165, 1.54) is 36.4 Å². The van der Waals surface area contributed by atoms with Gasteiger partial charge < -0.3 is 20.4 Å². The van der Waals surface area contributed by atoms with Crippen molar-refractivity contribution < 1.29 is 23.3 Å². The molecular weight excluding hydrogens is 491 g/mol. The summed E-state index contributed by atoms with van der Waals surface area (Å²) in [6, 6.07) is 19.5. The van der Waals surface area contributed by atoms with Crippen molar-refractivity contribution >= 4 is 23.3 Å². The van der Waals surface area contributed by atoms with Crippen LogP contribution in [-0.4, -0.2) is 16.9 Å². The van der Waals surface area contributed by atoms with E-state index in [0.29, 0.717) is 28.3 Å². The lowest BCUT2D eigenvalue weighted by molar-refractivity contribution is -0.384. The summed E-state index contributed by atoms with van der Waals surface area (Å²) < 4.78 is 19.0. The predicted molar refractivity (Wildman–Crippen MR) is 138 cm³/mol. The van der Waals surface area contributed by atoms with Crippen LogP contribution in [0.3, 0.4) is 0 Å². The van der Waals surface area contributed by atoms with Gasteiger partial charge in [-0.05, 0) is 48.4 Å². The number of halogens is 1. The fraction of sp³-hybridized carbons (Fsp3) is 0.0714. The number of furan rings is 1. The van der Waals surface area contributed by atoms with Crippen LogP contribution in [0.4, 0.5) is 20.6 Å². The van der Waals surface area contributed by atoms with Crippen molar-refractivity contribution in [3.63, 3.8) is 0 Å². The minimum atomic E-state index is -0.734. The molecule has 9 nitrogen and oxygen atoms in total.